The average Bonchev–Trinajstić information content (AvgIpc) is 2.92. The lowest BCUT2D eigenvalue weighted by Gasteiger charge is -2.46. The minimum Gasteiger partial charge on any atom is -0.468 e. The quantitative estimate of drug-likeness (QED) is 0.328. The van der Waals surface area contributed by atoms with E-state index in [1.807, 2.05) is 43.4 Å². The molecule has 0 radical (unpaired) electrons. The molecule has 1 N–H and O–H groups in total. The van der Waals surface area contributed by atoms with Gasteiger partial charge in [0.05, 0.1) is 16.0 Å². The van der Waals surface area contributed by atoms with Gasteiger partial charge in [0.2, 0.25) is 5.91 Å². The van der Waals surface area contributed by atoms with E-state index in [1.54, 1.807) is 29.2 Å². The van der Waals surface area contributed by atoms with Gasteiger partial charge in [0.25, 0.3) is 0 Å². The van der Waals surface area contributed by atoms with Gasteiger partial charge in [-0.2, -0.15) is 0 Å². The third-order valence-electron chi connectivity index (χ3n) is 7.75. The van der Waals surface area contributed by atoms with Crippen molar-refractivity contribution in [2.75, 3.05) is 32.0 Å². The van der Waals surface area contributed by atoms with E-state index >= 15 is 0 Å². The molecule has 5 rings (SSSR count). The van der Waals surface area contributed by atoms with Crippen LogP contribution >= 0.6 is 23.2 Å². The maximum atomic E-state index is 14.1. The third kappa shape index (κ3) is 6.08. The highest BCUT2D eigenvalue weighted by Crippen LogP contribution is 2.45. The number of fused-ring (bicyclic) bond motifs is 2. The Morgan fingerprint density at radius 2 is 1.85 bits per heavy atom. The van der Waals surface area contributed by atoms with Crippen molar-refractivity contribution >= 4 is 34.8 Å². The topological polar surface area (TPSA) is 44.8 Å². The highest BCUT2D eigenvalue weighted by atomic mass is 35.5. The zero-order chi connectivity index (χ0) is 27.6. The molecule has 0 bridgehead atoms. The summed E-state index contributed by atoms with van der Waals surface area (Å²) in [7, 11) is 1.84. The molecule has 1 spiro atoms. The Morgan fingerprint density at radius 1 is 1.10 bits per heavy atom. The Balaban J connectivity index is 1.29. The van der Waals surface area contributed by atoms with Crippen LogP contribution in [0.25, 0.3) is 0 Å². The van der Waals surface area contributed by atoms with Crippen molar-refractivity contribution in [2.24, 2.45) is 0 Å². The second-order valence-corrected chi connectivity index (χ2v) is 11.2. The largest absolute Gasteiger partial charge is 0.468 e. The molecule has 39 heavy (non-hydrogen) atoms. The summed E-state index contributed by atoms with van der Waals surface area (Å²) >= 11 is 12.5. The Labute approximate surface area is 239 Å². The highest BCUT2D eigenvalue weighted by Gasteiger charge is 2.43. The fourth-order valence-electron chi connectivity index (χ4n) is 5.65. The molecule has 1 amide bonds. The number of nitrogens with one attached hydrogen (secondary N) is 1. The number of amides is 1. The molecule has 2 aliphatic heterocycles. The van der Waals surface area contributed by atoms with Crippen LogP contribution in [0, 0.1) is 5.82 Å². The number of rotatable bonds is 7. The summed E-state index contributed by atoms with van der Waals surface area (Å²) in [5.74, 6) is -0.132. The van der Waals surface area contributed by atoms with Crippen LogP contribution in [0.15, 0.2) is 79.2 Å². The number of hydrogen-bond acceptors (Lipinski definition) is 4. The van der Waals surface area contributed by atoms with Gasteiger partial charge >= 0.3 is 0 Å². The smallest absolute Gasteiger partial charge is 0.230 e. The number of anilines is 1. The first-order valence-corrected chi connectivity index (χ1v) is 13.9. The van der Waals surface area contributed by atoms with E-state index in [2.05, 4.69) is 16.8 Å². The summed E-state index contributed by atoms with van der Waals surface area (Å²) < 4.78 is 20.3. The molecule has 1 unspecified atom stereocenters. The van der Waals surface area contributed by atoms with Gasteiger partial charge in [0.15, 0.2) is 5.88 Å². The van der Waals surface area contributed by atoms with E-state index in [0.29, 0.717) is 41.7 Å². The van der Waals surface area contributed by atoms with E-state index in [9.17, 15) is 9.18 Å². The van der Waals surface area contributed by atoms with E-state index in [1.165, 1.54) is 6.07 Å². The van der Waals surface area contributed by atoms with Gasteiger partial charge in [0.1, 0.15) is 11.4 Å². The minimum absolute atomic E-state index is 0.0353. The Morgan fingerprint density at radius 3 is 2.56 bits per heavy atom. The summed E-state index contributed by atoms with van der Waals surface area (Å²) in [6.07, 6.45) is 2.02. The van der Waals surface area contributed by atoms with Crippen molar-refractivity contribution in [1.82, 2.24) is 9.80 Å². The van der Waals surface area contributed by atoms with E-state index in [-0.39, 0.29) is 17.6 Å². The van der Waals surface area contributed by atoms with Gasteiger partial charge in [0, 0.05) is 50.8 Å². The molecular formula is C31H32Cl2FN3O2. The Bertz CT molecular complexity index is 1360. The number of nitrogens with zero attached hydrogens (tertiary/aromatic N) is 2. The molecule has 0 aromatic heterocycles. The zero-order valence-corrected chi connectivity index (χ0v) is 23.4. The van der Waals surface area contributed by atoms with Crippen molar-refractivity contribution in [1.29, 1.82) is 0 Å². The van der Waals surface area contributed by atoms with Crippen molar-refractivity contribution < 1.29 is 13.9 Å². The number of ether oxygens (including phenoxy) is 1. The minimum atomic E-state index is -0.606. The molecule has 0 aliphatic carbocycles. The van der Waals surface area contributed by atoms with Crippen molar-refractivity contribution in [3.05, 3.63) is 112 Å². The number of piperidine rings is 1. The van der Waals surface area contributed by atoms with Crippen LogP contribution in [0.1, 0.15) is 41.9 Å². The molecule has 3 aromatic carbocycles. The van der Waals surface area contributed by atoms with Crippen LogP contribution < -0.4 is 5.32 Å². The van der Waals surface area contributed by atoms with Crippen LogP contribution in [-0.2, 0) is 21.7 Å². The SMILES string of the molecule is C=C1Nc2ccc(F)cc2C2(CCN(CCC(C(=O)N(C)Cc3ccccc3)c3ccc(Cl)c(Cl)c3)CC2)O1. The van der Waals surface area contributed by atoms with Crippen molar-refractivity contribution in [3.8, 4) is 0 Å². The Hall–Kier alpha value is -3.06. The molecule has 1 saturated heterocycles. The molecule has 5 nitrogen and oxygen atoms in total. The van der Waals surface area contributed by atoms with Crippen molar-refractivity contribution in [2.45, 2.75) is 37.3 Å². The van der Waals surface area contributed by atoms with Crippen LogP contribution in [0.4, 0.5) is 10.1 Å². The highest BCUT2D eigenvalue weighted by molar-refractivity contribution is 6.42. The first-order chi connectivity index (χ1) is 18.7. The summed E-state index contributed by atoms with van der Waals surface area (Å²) in [6, 6.07) is 20.1. The first kappa shape index (κ1) is 27.5. The number of likely N-dealkylation sites (tertiary alicyclic amines) is 1. The second kappa shape index (κ2) is 11.6. The molecule has 0 saturated carbocycles. The number of halogens is 3. The predicted octanol–water partition coefficient (Wildman–Crippen LogP) is 7.17. The number of carbonyl (C=O) groups excluding carboxylic acids is 1. The molecule has 2 heterocycles. The van der Waals surface area contributed by atoms with Crippen LogP contribution in [0.3, 0.4) is 0 Å². The van der Waals surface area contributed by atoms with Crippen LogP contribution in [0.5, 0.6) is 0 Å². The number of carbonyl (C=O) groups is 1. The maximum Gasteiger partial charge on any atom is 0.230 e. The third-order valence-corrected chi connectivity index (χ3v) is 8.48. The van der Waals surface area contributed by atoms with Gasteiger partial charge in [-0.05, 0) is 61.0 Å². The van der Waals surface area contributed by atoms with Crippen molar-refractivity contribution in [3.63, 3.8) is 0 Å². The van der Waals surface area contributed by atoms with Crippen LogP contribution in [0.2, 0.25) is 10.0 Å². The molecule has 2 aliphatic rings. The predicted molar refractivity (Wildman–Crippen MR) is 154 cm³/mol. The van der Waals surface area contributed by atoms with Gasteiger partial charge in [-0.1, -0.05) is 59.6 Å². The lowest BCUT2D eigenvalue weighted by atomic mass is 9.82. The Kier molecular flexibility index (Phi) is 8.17. The number of benzene rings is 3. The summed E-state index contributed by atoms with van der Waals surface area (Å²) in [5, 5.41) is 4.02. The van der Waals surface area contributed by atoms with Gasteiger partial charge < -0.3 is 19.9 Å². The molecule has 1 atom stereocenters. The van der Waals surface area contributed by atoms with Crippen LogP contribution in [-0.4, -0.2) is 42.4 Å². The van der Waals surface area contributed by atoms with Gasteiger partial charge in [-0.15, -0.1) is 0 Å². The monoisotopic (exact) mass is 567 g/mol. The number of hydrogen-bond donors (Lipinski definition) is 1. The van der Waals surface area contributed by atoms with Gasteiger partial charge in [-0.25, -0.2) is 4.39 Å². The average molecular weight is 569 g/mol. The van der Waals surface area contributed by atoms with E-state index < -0.39 is 5.60 Å². The molecule has 8 heteroatoms. The summed E-state index contributed by atoms with van der Waals surface area (Å²) in [5.41, 5.74) is 2.99. The zero-order valence-electron chi connectivity index (χ0n) is 21.9. The van der Waals surface area contributed by atoms with E-state index in [0.717, 1.165) is 42.0 Å². The molecule has 3 aromatic rings. The summed E-state index contributed by atoms with van der Waals surface area (Å²) in [4.78, 5) is 17.8. The lowest BCUT2D eigenvalue weighted by Crippen LogP contribution is -2.47. The first-order valence-electron chi connectivity index (χ1n) is 13.2. The molecule has 1 fully saturated rings. The maximum absolute atomic E-state index is 14.1. The molecular weight excluding hydrogens is 536 g/mol. The van der Waals surface area contributed by atoms with Gasteiger partial charge in [-0.3, -0.25) is 4.79 Å². The standard InChI is InChI=1S/C31H32Cl2FN3O2/c1-21-35-29-11-9-24(34)19-26(29)31(39-21)13-16-37(17-14-31)15-12-25(23-8-10-27(32)28(33)18-23)30(38)36(2)20-22-6-4-3-5-7-22/h3-11,18-19,25,35H,1,12-17,20H2,2H3. The fourth-order valence-corrected chi connectivity index (χ4v) is 5.96. The summed E-state index contributed by atoms with van der Waals surface area (Å²) in [6.45, 7) is 6.73. The van der Waals surface area contributed by atoms with E-state index in [4.69, 9.17) is 27.9 Å². The molecule has 204 valence electrons. The lowest BCUT2D eigenvalue weighted by molar-refractivity contribution is -0.132. The fraction of sp³-hybridized carbons (Fsp3) is 0.323. The normalized spacial score (nSPS) is 17.2. The number of likely N-dealkylation sites (N-methyl/N-ethyl adjacent to an activating group) is 1. The second-order valence-electron chi connectivity index (χ2n) is 10.4.